The van der Waals surface area contributed by atoms with Gasteiger partial charge >= 0.3 is 0 Å². The zero-order chi connectivity index (χ0) is 17.9. The fraction of sp³-hybridized carbons (Fsp3) is 0.211. The molecule has 0 bridgehead atoms. The first kappa shape index (κ1) is 16.4. The van der Waals surface area contributed by atoms with Crippen molar-refractivity contribution in [3.63, 3.8) is 0 Å². The molecule has 0 spiro atoms. The van der Waals surface area contributed by atoms with E-state index in [0.717, 1.165) is 0 Å². The summed E-state index contributed by atoms with van der Waals surface area (Å²) < 4.78 is 24.6. The first-order chi connectivity index (χ1) is 12.7. The first-order valence-corrected chi connectivity index (χ1v) is 8.29. The molecule has 7 heteroatoms. The molecule has 2 heterocycles. The van der Waals surface area contributed by atoms with Crippen LogP contribution in [0.1, 0.15) is 10.4 Å². The van der Waals surface area contributed by atoms with Crippen LogP contribution in [0.5, 0.6) is 0 Å². The van der Waals surface area contributed by atoms with Gasteiger partial charge in [0.1, 0.15) is 5.82 Å². The normalized spacial score (nSPS) is 14.4. The van der Waals surface area contributed by atoms with Crippen molar-refractivity contribution in [3.05, 3.63) is 59.9 Å². The van der Waals surface area contributed by atoms with Crippen LogP contribution >= 0.6 is 0 Å². The Morgan fingerprint density at radius 1 is 1.00 bits per heavy atom. The molecular formula is C19H16FN3O3. The largest absolute Gasteiger partial charge is 0.378 e. The molecule has 0 atom stereocenters. The van der Waals surface area contributed by atoms with E-state index in [1.165, 1.54) is 6.07 Å². The highest BCUT2D eigenvalue weighted by molar-refractivity contribution is 6.00. The van der Waals surface area contributed by atoms with Crippen LogP contribution in [0, 0.1) is 5.82 Å². The van der Waals surface area contributed by atoms with E-state index < -0.39 is 5.82 Å². The number of benzene rings is 2. The van der Waals surface area contributed by atoms with Crippen molar-refractivity contribution in [2.75, 3.05) is 26.3 Å². The predicted molar refractivity (Wildman–Crippen MR) is 91.9 cm³/mol. The number of hydrogen-bond donors (Lipinski definition) is 0. The smallest absolute Gasteiger partial charge is 0.259 e. The molecule has 6 nitrogen and oxygen atoms in total. The Labute approximate surface area is 149 Å². The number of morpholine rings is 1. The van der Waals surface area contributed by atoms with Gasteiger partial charge in [-0.25, -0.2) is 4.39 Å². The van der Waals surface area contributed by atoms with E-state index in [9.17, 15) is 9.18 Å². The highest BCUT2D eigenvalue weighted by atomic mass is 19.1. The second kappa shape index (κ2) is 7.05. The lowest BCUT2D eigenvalue weighted by atomic mass is 10.1. The molecular weight excluding hydrogens is 337 g/mol. The molecule has 4 rings (SSSR count). The topological polar surface area (TPSA) is 68.5 Å². The first-order valence-electron chi connectivity index (χ1n) is 8.29. The lowest BCUT2D eigenvalue weighted by molar-refractivity contribution is 0.0303. The van der Waals surface area contributed by atoms with E-state index in [4.69, 9.17) is 9.26 Å². The third kappa shape index (κ3) is 3.09. The van der Waals surface area contributed by atoms with E-state index >= 15 is 0 Å². The summed E-state index contributed by atoms with van der Waals surface area (Å²) in [5, 5.41) is 3.87. The molecule has 132 valence electrons. The third-order valence-electron chi connectivity index (χ3n) is 4.23. The van der Waals surface area contributed by atoms with Crippen LogP contribution < -0.4 is 0 Å². The van der Waals surface area contributed by atoms with Gasteiger partial charge in [0, 0.05) is 13.1 Å². The van der Waals surface area contributed by atoms with Crippen LogP contribution in [0.25, 0.3) is 22.8 Å². The van der Waals surface area contributed by atoms with E-state index in [1.54, 1.807) is 47.4 Å². The molecule has 1 fully saturated rings. The number of carbonyl (C=O) groups excluding carboxylic acids is 1. The molecule has 1 aliphatic rings. The Hall–Kier alpha value is -3.06. The predicted octanol–water partition coefficient (Wildman–Crippen LogP) is 3.02. The van der Waals surface area contributed by atoms with Gasteiger partial charge in [0.25, 0.3) is 11.8 Å². The minimum absolute atomic E-state index is 0.116. The third-order valence-corrected chi connectivity index (χ3v) is 4.23. The molecule has 3 aromatic rings. The Bertz CT molecular complexity index is 935. The molecule has 0 radical (unpaired) electrons. The second-order valence-electron chi connectivity index (χ2n) is 5.85. The number of aromatic nitrogens is 2. The maximum atomic E-state index is 13.9. The summed E-state index contributed by atoms with van der Waals surface area (Å²) >= 11 is 0. The van der Waals surface area contributed by atoms with Gasteiger partial charge in [-0.3, -0.25) is 4.79 Å². The summed E-state index contributed by atoms with van der Waals surface area (Å²) in [6, 6.07) is 13.2. The van der Waals surface area contributed by atoms with Crippen molar-refractivity contribution in [1.29, 1.82) is 0 Å². The quantitative estimate of drug-likeness (QED) is 0.724. The molecule has 1 amide bonds. The average Bonchev–Trinajstić information content (AvgIpc) is 3.18. The molecule has 0 aliphatic carbocycles. The van der Waals surface area contributed by atoms with Gasteiger partial charge in [0.15, 0.2) is 0 Å². The lowest BCUT2D eigenvalue weighted by Crippen LogP contribution is -2.40. The van der Waals surface area contributed by atoms with Crippen LogP contribution in [0.4, 0.5) is 4.39 Å². The number of halogens is 1. The molecule has 1 aromatic heterocycles. The van der Waals surface area contributed by atoms with Crippen molar-refractivity contribution in [2.24, 2.45) is 0 Å². The van der Waals surface area contributed by atoms with E-state index in [1.807, 2.05) is 0 Å². The number of carbonyl (C=O) groups is 1. The molecule has 26 heavy (non-hydrogen) atoms. The highest BCUT2D eigenvalue weighted by Gasteiger charge is 2.24. The van der Waals surface area contributed by atoms with Crippen molar-refractivity contribution in [3.8, 4) is 22.8 Å². The fourth-order valence-corrected chi connectivity index (χ4v) is 2.88. The Balaban J connectivity index is 1.69. The van der Waals surface area contributed by atoms with Gasteiger partial charge in [0.05, 0.1) is 29.9 Å². The highest BCUT2D eigenvalue weighted by Crippen LogP contribution is 2.27. The van der Waals surface area contributed by atoms with Gasteiger partial charge in [-0.05, 0) is 24.3 Å². The zero-order valence-electron chi connectivity index (χ0n) is 13.9. The molecule has 0 saturated carbocycles. The van der Waals surface area contributed by atoms with Crippen molar-refractivity contribution < 1.29 is 18.4 Å². The monoisotopic (exact) mass is 353 g/mol. The summed E-state index contributed by atoms with van der Waals surface area (Å²) in [6.45, 7) is 2.12. The Kier molecular flexibility index (Phi) is 4.45. The van der Waals surface area contributed by atoms with Gasteiger partial charge in [0.2, 0.25) is 5.82 Å². The number of nitrogens with zero attached hydrogens (tertiary/aromatic N) is 3. The standard InChI is InChI=1S/C19H16FN3O3/c20-16-8-4-3-7-15(16)17-21-18(26-22-17)13-5-1-2-6-14(13)19(24)23-9-11-25-12-10-23/h1-8H,9-12H2. The summed E-state index contributed by atoms with van der Waals surface area (Å²) in [5.41, 5.74) is 1.25. The molecule has 1 saturated heterocycles. The maximum Gasteiger partial charge on any atom is 0.259 e. The minimum atomic E-state index is -0.433. The van der Waals surface area contributed by atoms with Crippen LogP contribution in [-0.4, -0.2) is 47.3 Å². The van der Waals surface area contributed by atoms with E-state index in [0.29, 0.717) is 37.4 Å². The molecule has 0 unspecified atom stereocenters. The van der Waals surface area contributed by atoms with E-state index in [2.05, 4.69) is 10.1 Å². The van der Waals surface area contributed by atoms with Crippen molar-refractivity contribution in [2.45, 2.75) is 0 Å². The van der Waals surface area contributed by atoms with Crippen LogP contribution in [0.3, 0.4) is 0 Å². The van der Waals surface area contributed by atoms with Gasteiger partial charge in [-0.2, -0.15) is 4.98 Å². The van der Waals surface area contributed by atoms with Gasteiger partial charge < -0.3 is 14.2 Å². The van der Waals surface area contributed by atoms with E-state index in [-0.39, 0.29) is 23.2 Å². The summed E-state index contributed by atoms with van der Waals surface area (Å²) in [6.07, 6.45) is 0. The Morgan fingerprint density at radius 2 is 1.69 bits per heavy atom. The van der Waals surface area contributed by atoms with Crippen LogP contribution in [0.15, 0.2) is 53.1 Å². The van der Waals surface area contributed by atoms with Gasteiger partial charge in [-0.1, -0.05) is 29.4 Å². The maximum absolute atomic E-state index is 13.9. The summed E-state index contributed by atoms with van der Waals surface area (Å²) in [4.78, 5) is 18.9. The molecule has 0 N–H and O–H groups in total. The minimum Gasteiger partial charge on any atom is -0.378 e. The zero-order valence-corrected chi connectivity index (χ0v) is 13.9. The lowest BCUT2D eigenvalue weighted by Gasteiger charge is -2.27. The SMILES string of the molecule is O=C(c1ccccc1-c1nc(-c2ccccc2F)no1)N1CCOCC1. The van der Waals surface area contributed by atoms with Crippen LogP contribution in [0.2, 0.25) is 0 Å². The van der Waals surface area contributed by atoms with Crippen molar-refractivity contribution in [1.82, 2.24) is 15.0 Å². The van der Waals surface area contributed by atoms with Gasteiger partial charge in [-0.15, -0.1) is 0 Å². The van der Waals surface area contributed by atoms with Crippen molar-refractivity contribution >= 4 is 5.91 Å². The number of rotatable bonds is 3. The fourth-order valence-electron chi connectivity index (χ4n) is 2.88. The second-order valence-corrected chi connectivity index (χ2v) is 5.85. The van der Waals surface area contributed by atoms with Crippen LogP contribution in [-0.2, 0) is 4.74 Å². The summed E-state index contributed by atoms with van der Waals surface area (Å²) in [5.74, 6) is -0.223. The number of ether oxygens (including phenoxy) is 1. The molecule has 1 aliphatic heterocycles. The number of hydrogen-bond acceptors (Lipinski definition) is 5. The average molecular weight is 353 g/mol. The molecule has 2 aromatic carbocycles. The Morgan fingerprint density at radius 3 is 2.46 bits per heavy atom. The summed E-state index contributed by atoms with van der Waals surface area (Å²) in [7, 11) is 0. The number of amides is 1.